The van der Waals surface area contributed by atoms with E-state index in [1.54, 1.807) is 4.68 Å². The van der Waals surface area contributed by atoms with E-state index >= 15 is 0 Å². The Morgan fingerprint density at radius 2 is 2.12 bits per heavy atom. The molecule has 1 saturated carbocycles. The summed E-state index contributed by atoms with van der Waals surface area (Å²) in [7, 11) is 0. The molecule has 0 bridgehead atoms. The molecule has 0 aliphatic heterocycles. The van der Waals surface area contributed by atoms with Crippen molar-refractivity contribution in [3.8, 4) is 5.69 Å². The summed E-state index contributed by atoms with van der Waals surface area (Å²) in [5.41, 5.74) is 2.53. The van der Waals surface area contributed by atoms with Crippen LogP contribution in [0.2, 0.25) is 0 Å². The second-order valence-electron chi connectivity index (χ2n) is 6.20. The van der Waals surface area contributed by atoms with Gasteiger partial charge in [0.05, 0.1) is 17.1 Å². The minimum atomic E-state index is -0.0771. The predicted molar refractivity (Wildman–Crippen MR) is 93.4 cm³/mol. The average molecular weight is 328 g/mol. The first-order valence-electron chi connectivity index (χ1n) is 8.49. The lowest BCUT2D eigenvalue weighted by Crippen LogP contribution is -2.37. The number of aliphatic hydroxyl groups is 1. The van der Waals surface area contributed by atoms with Gasteiger partial charge in [-0.1, -0.05) is 12.1 Å². The molecule has 0 saturated heterocycles. The van der Waals surface area contributed by atoms with E-state index in [4.69, 9.17) is 5.11 Å². The van der Waals surface area contributed by atoms with Crippen molar-refractivity contribution >= 4 is 11.7 Å². The summed E-state index contributed by atoms with van der Waals surface area (Å²) < 4.78 is 1.78. The van der Waals surface area contributed by atoms with E-state index in [1.807, 2.05) is 48.4 Å². The maximum absolute atomic E-state index is 12.7. The number of carbonyl (C=O) groups excluding carboxylic acids is 1. The van der Waals surface area contributed by atoms with Crippen LogP contribution in [0.25, 0.3) is 5.69 Å². The van der Waals surface area contributed by atoms with E-state index in [1.165, 1.54) is 0 Å². The van der Waals surface area contributed by atoms with E-state index in [-0.39, 0.29) is 12.6 Å². The zero-order valence-electron chi connectivity index (χ0n) is 14.0. The SMILES string of the molecule is Cc1ccn(-c2ccccc2NC(=O)N(CCCCO)C2CC2)n1. The Labute approximate surface area is 142 Å². The molecule has 2 amide bonds. The molecule has 6 nitrogen and oxygen atoms in total. The van der Waals surface area contributed by atoms with Gasteiger partial charge >= 0.3 is 6.03 Å². The summed E-state index contributed by atoms with van der Waals surface area (Å²) in [4.78, 5) is 14.6. The predicted octanol–water partition coefficient (Wildman–Crippen LogP) is 2.95. The molecule has 1 heterocycles. The Balaban J connectivity index is 1.74. The van der Waals surface area contributed by atoms with Crippen LogP contribution in [0.3, 0.4) is 0 Å². The number of rotatable bonds is 7. The smallest absolute Gasteiger partial charge is 0.322 e. The first-order valence-corrected chi connectivity index (χ1v) is 8.49. The monoisotopic (exact) mass is 328 g/mol. The molecular weight excluding hydrogens is 304 g/mol. The minimum absolute atomic E-state index is 0.0771. The number of unbranched alkanes of at least 4 members (excludes halogenated alkanes) is 1. The number of hydrogen-bond donors (Lipinski definition) is 2. The van der Waals surface area contributed by atoms with Crippen LogP contribution >= 0.6 is 0 Å². The van der Waals surface area contributed by atoms with Crippen LogP contribution in [0.4, 0.5) is 10.5 Å². The molecular formula is C18H24N4O2. The van der Waals surface area contributed by atoms with Gasteiger partial charge in [0.25, 0.3) is 0 Å². The molecule has 24 heavy (non-hydrogen) atoms. The lowest BCUT2D eigenvalue weighted by atomic mass is 10.2. The van der Waals surface area contributed by atoms with Gasteiger partial charge in [0.1, 0.15) is 0 Å². The number of hydrogen-bond acceptors (Lipinski definition) is 3. The summed E-state index contributed by atoms with van der Waals surface area (Å²) >= 11 is 0. The van der Waals surface area contributed by atoms with Crippen molar-refractivity contribution in [2.45, 2.75) is 38.6 Å². The third-order valence-corrected chi connectivity index (χ3v) is 4.17. The normalized spacial score (nSPS) is 13.8. The Morgan fingerprint density at radius 1 is 1.33 bits per heavy atom. The molecule has 128 valence electrons. The standard InChI is InChI=1S/C18H24N4O2/c1-14-10-12-22(20-14)17-7-3-2-6-16(17)19-18(24)21(15-8-9-15)11-4-5-13-23/h2-3,6-7,10,12,15,23H,4-5,8-9,11,13H2,1H3,(H,19,24). The van der Waals surface area contributed by atoms with E-state index in [2.05, 4.69) is 10.4 Å². The number of amides is 2. The van der Waals surface area contributed by atoms with Crippen molar-refractivity contribution in [1.82, 2.24) is 14.7 Å². The number of anilines is 1. The highest BCUT2D eigenvalue weighted by Gasteiger charge is 2.32. The van der Waals surface area contributed by atoms with Crippen LogP contribution in [0.1, 0.15) is 31.4 Å². The first-order chi connectivity index (χ1) is 11.7. The van der Waals surface area contributed by atoms with E-state index in [0.29, 0.717) is 12.6 Å². The molecule has 1 fully saturated rings. The van der Waals surface area contributed by atoms with E-state index in [9.17, 15) is 4.79 Å². The summed E-state index contributed by atoms with van der Waals surface area (Å²) in [6, 6.07) is 9.86. The third kappa shape index (κ3) is 3.94. The van der Waals surface area contributed by atoms with Crippen molar-refractivity contribution < 1.29 is 9.90 Å². The van der Waals surface area contributed by atoms with E-state index in [0.717, 1.165) is 42.8 Å². The van der Waals surface area contributed by atoms with Crippen LogP contribution in [-0.2, 0) is 0 Å². The van der Waals surface area contributed by atoms with Gasteiger partial charge < -0.3 is 15.3 Å². The Hall–Kier alpha value is -2.34. The molecule has 2 N–H and O–H groups in total. The van der Waals surface area contributed by atoms with Crippen molar-refractivity contribution in [3.05, 3.63) is 42.2 Å². The van der Waals surface area contributed by atoms with Gasteiger partial charge in [0.15, 0.2) is 0 Å². The quantitative estimate of drug-likeness (QED) is 0.768. The van der Waals surface area contributed by atoms with Crippen LogP contribution in [0, 0.1) is 6.92 Å². The molecule has 1 aromatic heterocycles. The lowest BCUT2D eigenvalue weighted by Gasteiger charge is -2.23. The largest absolute Gasteiger partial charge is 0.396 e. The molecule has 1 aliphatic rings. The average Bonchev–Trinajstić information content (AvgIpc) is 3.32. The van der Waals surface area contributed by atoms with Gasteiger partial charge in [-0.3, -0.25) is 0 Å². The molecule has 6 heteroatoms. The van der Waals surface area contributed by atoms with Gasteiger partial charge in [0.2, 0.25) is 0 Å². The number of nitrogens with one attached hydrogen (secondary N) is 1. The minimum Gasteiger partial charge on any atom is -0.396 e. The van der Waals surface area contributed by atoms with Crippen molar-refractivity contribution in [2.24, 2.45) is 0 Å². The fourth-order valence-corrected chi connectivity index (χ4v) is 2.75. The van der Waals surface area contributed by atoms with Gasteiger partial charge in [-0.05, 0) is 50.8 Å². The molecule has 0 spiro atoms. The number of para-hydroxylation sites is 2. The van der Waals surface area contributed by atoms with Crippen LogP contribution in [0.15, 0.2) is 36.5 Å². The Bertz CT molecular complexity index is 694. The fraction of sp³-hybridized carbons (Fsp3) is 0.444. The van der Waals surface area contributed by atoms with Gasteiger partial charge in [-0.2, -0.15) is 5.10 Å². The molecule has 0 radical (unpaired) electrons. The second-order valence-corrected chi connectivity index (χ2v) is 6.20. The van der Waals surface area contributed by atoms with Crippen molar-refractivity contribution in [1.29, 1.82) is 0 Å². The first kappa shape index (κ1) is 16.5. The number of aryl methyl sites for hydroxylation is 1. The summed E-state index contributed by atoms with van der Waals surface area (Å²) in [6.45, 7) is 2.79. The topological polar surface area (TPSA) is 70.4 Å². The molecule has 0 atom stereocenters. The molecule has 2 aromatic rings. The summed E-state index contributed by atoms with van der Waals surface area (Å²) in [5, 5.41) is 16.4. The van der Waals surface area contributed by atoms with Crippen LogP contribution < -0.4 is 5.32 Å². The maximum Gasteiger partial charge on any atom is 0.322 e. The Morgan fingerprint density at radius 3 is 2.79 bits per heavy atom. The van der Waals surface area contributed by atoms with Gasteiger partial charge in [0, 0.05) is 25.4 Å². The highest BCUT2D eigenvalue weighted by molar-refractivity contribution is 5.92. The highest BCUT2D eigenvalue weighted by Crippen LogP contribution is 2.28. The second kappa shape index (κ2) is 7.49. The van der Waals surface area contributed by atoms with Crippen molar-refractivity contribution in [3.63, 3.8) is 0 Å². The number of aromatic nitrogens is 2. The maximum atomic E-state index is 12.7. The number of nitrogens with zero attached hydrogens (tertiary/aromatic N) is 3. The number of benzene rings is 1. The Kier molecular flexibility index (Phi) is 5.15. The third-order valence-electron chi connectivity index (χ3n) is 4.17. The van der Waals surface area contributed by atoms with Crippen LogP contribution in [-0.4, -0.2) is 45.0 Å². The summed E-state index contributed by atoms with van der Waals surface area (Å²) in [6.07, 6.45) is 5.55. The highest BCUT2D eigenvalue weighted by atomic mass is 16.3. The molecule has 0 unspecified atom stereocenters. The molecule has 1 aromatic carbocycles. The lowest BCUT2D eigenvalue weighted by molar-refractivity contribution is 0.204. The molecule has 1 aliphatic carbocycles. The van der Waals surface area contributed by atoms with E-state index < -0.39 is 0 Å². The molecule has 3 rings (SSSR count). The number of aliphatic hydroxyl groups excluding tert-OH is 1. The van der Waals surface area contributed by atoms with Gasteiger partial charge in [-0.25, -0.2) is 9.48 Å². The fourth-order valence-electron chi connectivity index (χ4n) is 2.75. The van der Waals surface area contributed by atoms with Crippen molar-refractivity contribution in [2.75, 3.05) is 18.5 Å². The zero-order chi connectivity index (χ0) is 16.9. The summed E-state index contributed by atoms with van der Waals surface area (Å²) in [5.74, 6) is 0. The van der Waals surface area contributed by atoms with Crippen LogP contribution in [0.5, 0.6) is 0 Å². The number of carbonyl (C=O) groups is 1. The number of urea groups is 1. The zero-order valence-corrected chi connectivity index (χ0v) is 14.0. The van der Waals surface area contributed by atoms with Gasteiger partial charge in [-0.15, -0.1) is 0 Å².